The molecule has 48 heavy (non-hydrogen) atoms. The smallest absolute Gasteiger partial charge is 0.394 e. The van der Waals surface area contributed by atoms with E-state index in [-0.39, 0.29) is 34.4 Å². The SMILES string of the molecule is CN/C(=C\[N+](=O)[O-])NCC(C(=Nc1ccc(Cl)cc1Cl)c1ccc(C#Cc2ccc(C(F)(F)F)cc2)s1)=C(N)C(=O)NN1CCCCC1. The van der Waals surface area contributed by atoms with E-state index in [1.54, 1.807) is 29.3 Å². The lowest BCUT2D eigenvalue weighted by atomic mass is 10.1. The van der Waals surface area contributed by atoms with Crippen LogP contribution in [0, 0.1) is 22.0 Å². The Morgan fingerprint density at radius 3 is 2.44 bits per heavy atom. The topological polar surface area (TPSA) is 138 Å². The molecule has 3 aromatic rings. The summed E-state index contributed by atoms with van der Waals surface area (Å²) in [6.45, 7) is 1.12. The number of benzene rings is 2. The summed E-state index contributed by atoms with van der Waals surface area (Å²) in [6, 6.07) is 12.6. The summed E-state index contributed by atoms with van der Waals surface area (Å²) in [4.78, 5) is 29.9. The summed E-state index contributed by atoms with van der Waals surface area (Å²) in [5.74, 6) is 5.26. The minimum Gasteiger partial charge on any atom is -0.394 e. The van der Waals surface area contributed by atoms with Crippen LogP contribution in [0.1, 0.15) is 40.1 Å². The van der Waals surface area contributed by atoms with Gasteiger partial charge in [-0.1, -0.05) is 41.5 Å². The molecule has 0 saturated carbocycles. The maximum atomic E-state index is 13.5. The van der Waals surface area contributed by atoms with Crippen LogP contribution in [0.4, 0.5) is 18.9 Å². The zero-order chi connectivity index (χ0) is 34.8. The Hall–Kier alpha value is -4.55. The number of piperidine rings is 1. The lowest BCUT2D eigenvalue weighted by Crippen LogP contribution is -2.47. The van der Waals surface area contributed by atoms with Gasteiger partial charge in [-0.2, -0.15) is 13.2 Å². The Balaban J connectivity index is 1.80. The van der Waals surface area contributed by atoms with Gasteiger partial charge in [0.15, 0.2) is 5.82 Å². The molecule has 0 bridgehead atoms. The number of nitro groups is 1. The predicted molar refractivity (Wildman–Crippen MR) is 181 cm³/mol. The van der Waals surface area contributed by atoms with Gasteiger partial charge in [0, 0.05) is 42.8 Å². The molecule has 2 aromatic carbocycles. The van der Waals surface area contributed by atoms with Crippen molar-refractivity contribution < 1.29 is 22.9 Å². The molecule has 4 rings (SSSR count). The van der Waals surface area contributed by atoms with Crippen molar-refractivity contribution in [1.82, 2.24) is 21.1 Å². The first-order valence-corrected chi connectivity index (χ1v) is 16.1. The number of halogens is 5. The monoisotopic (exact) mass is 719 g/mol. The molecule has 1 aliphatic heterocycles. The van der Waals surface area contributed by atoms with Crippen molar-refractivity contribution >= 4 is 51.8 Å². The van der Waals surface area contributed by atoms with Gasteiger partial charge in [-0.25, -0.2) is 10.0 Å². The molecule has 10 nitrogen and oxygen atoms in total. The van der Waals surface area contributed by atoms with E-state index in [1.165, 1.54) is 36.6 Å². The molecule has 0 unspecified atom stereocenters. The molecule has 252 valence electrons. The van der Waals surface area contributed by atoms with E-state index in [0.717, 1.165) is 37.6 Å². The number of hydrazine groups is 1. The largest absolute Gasteiger partial charge is 0.416 e. The van der Waals surface area contributed by atoms with Crippen LogP contribution in [-0.4, -0.2) is 48.2 Å². The van der Waals surface area contributed by atoms with Crippen LogP contribution in [0.5, 0.6) is 0 Å². The fourth-order valence-corrected chi connectivity index (χ4v) is 5.84. The van der Waals surface area contributed by atoms with Crippen molar-refractivity contribution in [2.75, 3.05) is 26.7 Å². The average Bonchev–Trinajstić information content (AvgIpc) is 3.52. The number of hydrogen-bond donors (Lipinski definition) is 4. The highest BCUT2D eigenvalue weighted by Gasteiger charge is 2.30. The van der Waals surface area contributed by atoms with Crippen molar-refractivity contribution in [3.05, 3.63) is 119 Å². The number of nitrogens with two attached hydrogens (primary N) is 1. The maximum Gasteiger partial charge on any atom is 0.416 e. The minimum atomic E-state index is -4.46. The molecular weight excluding hydrogens is 690 g/mol. The molecular formula is C32H30Cl2F3N7O3S. The first-order chi connectivity index (χ1) is 22.8. The highest BCUT2D eigenvalue weighted by Crippen LogP contribution is 2.32. The summed E-state index contributed by atoms with van der Waals surface area (Å²) in [6.07, 6.45) is -0.874. The van der Waals surface area contributed by atoms with E-state index < -0.39 is 22.6 Å². The quantitative estimate of drug-likeness (QED) is 0.0643. The number of hydrogen-bond acceptors (Lipinski definition) is 9. The molecule has 1 saturated heterocycles. The third kappa shape index (κ3) is 10.2. The third-order valence-electron chi connectivity index (χ3n) is 6.95. The standard InChI is InChI=1S/C32H30Cl2F3N7O3S/c1-39-28(19-44(46)47)40-18-24(29(38)31(45)42-43-15-3-2-4-16-43)30(41-26-13-10-22(33)17-25(26)34)27-14-12-23(48-27)11-7-20-5-8-21(9-6-20)32(35,36)37/h5-6,8-10,12-14,17,19,39-40H,2-4,15-16,18,38H2,1H3,(H,42,45)/b28-19+,29-24?,41-30?. The number of carbonyl (C=O) groups is 1. The number of rotatable bonds is 10. The lowest BCUT2D eigenvalue weighted by molar-refractivity contribution is -0.404. The molecule has 2 heterocycles. The average molecular weight is 721 g/mol. The number of amides is 1. The van der Waals surface area contributed by atoms with Gasteiger partial charge in [0.25, 0.3) is 12.1 Å². The predicted octanol–water partition coefficient (Wildman–Crippen LogP) is 6.21. The Bertz CT molecular complexity index is 1810. The van der Waals surface area contributed by atoms with Crippen molar-refractivity contribution in [1.29, 1.82) is 0 Å². The lowest BCUT2D eigenvalue weighted by Gasteiger charge is -2.27. The normalized spacial score (nSPS) is 14.8. The van der Waals surface area contributed by atoms with Gasteiger partial charge >= 0.3 is 6.18 Å². The van der Waals surface area contributed by atoms with E-state index >= 15 is 0 Å². The highest BCUT2D eigenvalue weighted by atomic mass is 35.5. The molecule has 16 heteroatoms. The van der Waals surface area contributed by atoms with Gasteiger partial charge in [0.2, 0.25) is 0 Å². The number of carbonyl (C=O) groups excluding carboxylic acids is 1. The van der Waals surface area contributed by atoms with Crippen LogP contribution in [0.2, 0.25) is 10.0 Å². The molecule has 0 aliphatic carbocycles. The fourth-order valence-electron chi connectivity index (χ4n) is 4.51. The Morgan fingerprint density at radius 1 is 1.10 bits per heavy atom. The third-order valence-corrected chi connectivity index (χ3v) is 8.50. The number of nitrogens with one attached hydrogen (secondary N) is 3. The van der Waals surface area contributed by atoms with Crippen molar-refractivity contribution in [3.63, 3.8) is 0 Å². The van der Waals surface area contributed by atoms with E-state index in [0.29, 0.717) is 39.1 Å². The molecule has 1 fully saturated rings. The summed E-state index contributed by atoms with van der Waals surface area (Å²) >= 11 is 13.8. The van der Waals surface area contributed by atoms with Crippen LogP contribution < -0.4 is 21.8 Å². The van der Waals surface area contributed by atoms with E-state index in [9.17, 15) is 28.1 Å². The Kier molecular flexibility index (Phi) is 12.5. The summed E-state index contributed by atoms with van der Waals surface area (Å²) in [7, 11) is 1.49. The zero-order valence-electron chi connectivity index (χ0n) is 25.5. The van der Waals surface area contributed by atoms with Gasteiger partial charge in [0.05, 0.1) is 36.7 Å². The van der Waals surface area contributed by atoms with Crippen LogP contribution >= 0.6 is 34.5 Å². The summed E-state index contributed by atoms with van der Waals surface area (Å²) in [5.41, 5.74) is 9.50. The number of thiophene rings is 1. The van der Waals surface area contributed by atoms with Crippen LogP contribution in [0.3, 0.4) is 0 Å². The maximum absolute atomic E-state index is 13.5. The molecule has 0 atom stereocenters. The Labute approximate surface area is 288 Å². The zero-order valence-corrected chi connectivity index (χ0v) is 27.8. The molecule has 1 aromatic heterocycles. The molecule has 1 aliphatic rings. The minimum absolute atomic E-state index is 0.0416. The van der Waals surface area contributed by atoms with E-state index in [2.05, 4.69) is 27.9 Å². The number of alkyl halides is 3. The second kappa shape index (κ2) is 16.5. The summed E-state index contributed by atoms with van der Waals surface area (Å²) in [5, 5.41) is 19.2. The second-order valence-corrected chi connectivity index (χ2v) is 12.3. The summed E-state index contributed by atoms with van der Waals surface area (Å²) < 4.78 is 38.9. The fraction of sp³-hybridized carbons (Fsp3) is 0.250. The van der Waals surface area contributed by atoms with Crippen molar-refractivity contribution in [2.24, 2.45) is 10.7 Å². The molecule has 1 amide bonds. The molecule has 0 radical (unpaired) electrons. The second-order valence-electron chi connectivity index (χ2n) is 10.4. The number of aliphatic imine (C=N–C) groups is 1. The molecule has 5 N–H and O–H groups in total. The van der Waals surface area contributed by atoms with Gasteiger partial charge in [0.1, 0.15) is 5.70 Å². The highest BCUT2D eigenvalue weighted by molar-refractivity contribution is 7.14. The van der Waals surface area contributed by atoms with Gasteiger partial charge in [-0.05, 0) is 67.4 Å². The van der Waals surface area contributed by atoms with Gasteiger partial charge in [-0.15, -0.1) is 11.3 Å². The van der Waals surface area contributed by atoms with Crippen LogP contribution in [0.25, 0.3) is 0 Å². The van der Waals surface area contributed by atoms with Gasteiger partial charge < -0.3 is 16.4 Å². The van der Waals surface area contributed by atoms with Crippen LogP contribution in [-0.2, 0) is 11.0 Å². The van der Waals surface area contributed by atoms with Crippen molar-refractivity contribution in [3.8, 4) is 11.8 Å². The van der Waals surface area contributed by atoms with E-state index in [1.807, 2.05) is 0 Å². The first-order valence-electron chi connectivity index (χ1n) is 14.5. The Morgan fingerprint density at radius 2 is 1.81 bits per heavy atom. The van der Waals surface area contributed by atoms with E-state index in [4.69, 9.17) is 33.9 Å². The first kappa shape index (κ1) is 36.3. The van der Waals surface area contributed by atoms with Crippen LogP contribution in [0.15, 0.2) is 82.9 Å². The van der Waals surface area contributed by atoms with Crippen molar-refractivity contribution in [2.45, 2.75) is 25.4 Å². The number of nitrogens with zero attached hydrogens (tertiary/aromatic N) is 3. The molecule has 0 spiro atoms. The van der Waals surface area contributed by atoms with Gasteiger partial charge in [-0.3, -0.25) is 20.3 Å².